The second-order valence-corrected chi connectivity index (χ2v) is 7.11. The van der Waals surface area contributed by atoms with Crippen molar-refractivity contribution in [1.29, 1.82) is 0 Å². The van der Waals surface area contributed by atoms with Crippen molar-refractivity contribution in [3.05, 3.63) is 62.9 Å². The molecule has 4 nitrogen and oxygen atoms in total. The highest BCUT2D eigenvalue weighted by Crippen LogP contribution is 2.31. The zero-order chi connectivity index (χ0) is 16.4. The molecule has 1 saturated heterocycles. The fraction of sp³-hybridized carbons (Fsp3) is 0. The molecule has 0 atom stereocenters. The third kappa shape index (κ3) is 3.49. The van der Waals surface area contributed by atoms with E-state index in [9.17, 15) is 14.0 Å². The van der Waals surface area contributed by atoms with Crippen LogP contribution in [0.1, 0.15) is 15.2 Å². The molecule has 1 N–H and O–H groups in total. The van der Waals surface area contributed by atoms with Gasteiger partial charge in [0.1, 0.15) is 5.82 Å². The predicted molar refractivity (Wildman–Crippen MR) is 93.2 cm³/mol. The van der Waals surface area contributed by atoms with Crippen molar-refractivity contribution < 1.29 is 14.0 Å². The smallest absolute Gasteiger partial charge is 0.266 e. The van der Waals surface area contributed by atoms with E-state index in [1.54, 1.807) is 35.7 Å². The molecule has 3 rings (SSSR count). The summed E-state index contributed by atoms with van der Waals surface area (Å²) in [7, 11) is 0. The van der Waals surface area contributed by atoms with Gasteiger partial charge in [0.05, 0.1) is 9.78 Å². The van der Waals surface area contributed by atoms with Gasteiger partial charge in [-0.25, -0.2) is 4.39 Å². The molecular formula is C15H9FN2O2S3. The van der Waals surface area contributed by atoms with Gasteiger partial charge in [-0.2, -0.15) is 5.01 Å². The summed E-state index contributed by atoms with van der Waals surface area (Å²) in [5.41, 5.74) is 3.04. The van der Waals surface area contributed by atoms with Crippen molar-refractivity contribution >= 4 is 57.5 Å². The summed E-state index contributed by atoms with van der Waals surface area (Å²) in [6.45, 7) is 0. The Hall–Kier alpha value is -2.03. The van der Waals surface area contributed by atoms with Crippen LogP contribution < -0.4 is 5.43 Å². The molecule has 1 aromatic carbocycles. The molecule has 23 heavy (non-hydrogen) atoms. The number of amides is 2. The molecule has 1 fully saturated rings. The van der Waals surface area contributed by atoms with E-state index in [1.165, 1.54) is 23.5 Å². The predicted octanol–water partition coefficient (Wildman–Crippen LogP) is 3.43. The molecule has 8 heteroatoms. The van der Waals surface area contributed by atoms with E-state index in [2.05, 4.69) is 5.43 Å². The van der Waals surface area contributed by atoms with E-state index in [0.717, 1.165) is 16.8 Å². The Bertz CT molecular complexity index is 818. The van der Waals surface area contributed by atoms with Crippen LogP contribution in [0, 0.1) is 5.82 Å². The molecule has 2 amide bonds. The summed E-state index contributed by atoms with van der Waals surface area (Å²) in [5, 5.41) is 2.80. The number of rotatable bonds is 3. The fourth-order valence-electron chi connectivity index (χ4n) is 1.88. The average molecular weight is 364 g/mol. The summed E-state index contributed by atoms with van der Waals surface area (Å²) in [4.78, 5) is 25.2. The van der Waals surface area contributed by atoms with Crippen molar-refractivity contribution in [2.45, 2.75) is 0 Å². The molecule has 2 heterocycles. The van der Waals surface area contributed by atoms with Crippen molar-refractivity contribution in [2.24, 2.45) is 0 Å². The van der Waals surface area contributed by atoms with Crippen LogP contribution in [-0.2, 0) is 4.79 Å². The maximum Gasteiger partial charge on any atom is 0.285 e. The first-order chi connectivity index (χ1) is 11.0. The number of nitrogens with zero attached hydrogens (tertiary/aromatic N) is 1. The topological polar surface area (TPSA) is 49.4 Å². The SMILES string of the molecule is O=C(NN1C(=O)/C(=C/c2cccc(F)c2)SC1=S)c1cccs1. The number of thiocarbonyl (C=S) groups is 1. The van der Waals surface area contributed by atoms with Crippen molar-refractivity contribution in [3.8, 4) is 0 Å². The Morgan fingerprint density at radius 1 is 1.30 bits per heavy atom. The first kappa shape index (κ1) is 15.9. The minimum absolute atomic E-state index is 0.225. The first-order valence-electron chi connectivity index (χ1n) is 6.42. The fourth-order valence-corrected chi connectivity index (χ4v) is 3.67. The third-order valence-corrected chi connectivity index (χ3v) is 5.07. The Morgan fingerprint density at radius 2 is 2.13 bits per heavy atom. The molecule has 0 unspecified atom stereocenters. The van der Waals surface area contributed by atoms with Crippen LogP contribution in [0.5, 0.6) is 0 Å². The Morgan fingerprint density at radius 3 is 2.83 bits per heavy atom. The molecule has 0 saturated carbocycles. The largest absolute Gasteiger partial charge is 0.285 e. The Labute approximate surface area is 145 Å². The van der Waals surface area contributed by atoms with Gasteiger partial charge < -0.3 is 0 Å². The zero-order valence-electron chi connectivity index (χ0n) is 11.5. The minimum atomic E-state index is -0.436. The van der Waals surface area contributed by atoms with Gasteiger partial charge in [-0.15, -0.1) is 11.3 Å². The first-order valence-corrected chi connectivity index (χ1v) is 8.53. The van der Waals surface area contributed by atoms with Gasteiger partial charge in [0, 0.05) is 0 Å². The lowest BCUT2D eigenvalue weighted by Gasteiger charge is -2.14. The number of thioether (sulfide) groups is 1. The summed E-state index contributed by atoms with van der Waals surface area (Å²) in [5.74, 6) is -1.22. The molecule has 116 valence electrons. The van der Waals surface area contributed by atoms with Crippen molar-refractivity contribution in [1.82, 2.24) is 10.4 Å². The normalized spacial score (nSPS) is 16.2. The molecule has 2 aromatic rings. The van der Waals surface area contributed by atoms with Crippen LogP contribution in [0.25, 0.3) is 6.08 Å². The summed E-state index contributed by atoms with van der Waals surface area (Å²) >= 11 is 7.45. The number of hydrogen-bond acceptors (Lipinski definition) is 5. The van der Waals surface area contributed by atoms with Crippen LogP contribution in [0.2, 0.25) is 0 Å². The lowest BCUT2D eigenvalue weighted by molar-refractivity contribution is -0.123. The van der Waals surface area contributed by atoms with E-state index in [4.69, 9.17) is 12.2 Å². The van der Waals surface area contributed by atoms with Gasteiger partial charge in [-0.05, 0) is 47.4 Å². The highest BCUT2D eigenvalue weighted by atomic mass is 32.2. The molecule has 0 aliphatic carbocycles. The van der Waals surface area contributed by atoms with E-state index in [0.29, 0.717) is 15.3 Å². The van der Waals surface area contributed by atoms with E-state index >= 15 is 0 Å². The van der Waals surface area contributed by atoms with E-state index < -0.39 is 11.8 Å². The van der Waals surface area contributed by atoms with Gasteiger partial charge >= 0.3 is 0 Å². The number of hydrazine groups is 1. The number of benzene rings is 1. The molecular weight excluding hydrogens is 355 g/mol. The van der Waals surface area contributed by atoms with E-state index in [-0.39, 0.29) is 10.1 Å². The van der Waals surface area contributed by atoms with Gasteiger partial charge in [-0.1, -0.05) is 30.0 Å². The number of halogens is 1. The number of carbonyl (C=O) groups is 2. The second kappa shape index (κ2) is 6.61. The highest BCUT2D eigenvalue weighted by molar-refractivity contribution is 8.26. The Kier molecular flexibility index (Phi) is 4.56. The molecule has 0 bridgehead atoms. The molecule has 0 radical (unpaired) electrons. The zero-order valence-corrected chi connectivity index (χ0v) is 13.9. The third-order valence-electron chi connectivity index (χ3n) is 2.90. The lowest BCUT2D eigenvalue weighted by atomic mass is 10.2. The van der Waals surface area contributed by atoms with Gasteiger partial charge in [-0.3, -0.25) is 15.0 Å². The van der Waals surface area contributed by atoms with Crippen LogP contribution in [0.4, 0.5) is 4.39 Å². The number of carbonyl (C=O) groups excluding carboxylic acids is 2. The Balaban J connectivity index is 1.79. The lowest BCUT2D eigenvalue weighted by Crippen LogP contribution is -2.44. The van der Waals surface area contributed by atoms with Crippen LogP contribution in [0.15, 0.2) is 46.7 Å². The quantitative estimate of drug-likeness (QED) is 0.670. The van der Waals surface area contributed by atoms with Crippen molar-refractivity contribution in [3.63, 3.8) is 0 Å². The van der Waals surface area contributed by atoms with Crippen LogP contribution in [-0.4, -0.2) is 21.1 Å². The molecule has 1 aliphatic rings. The number of nitrogens with one attached hydrogen (secondary N) is 1. The minimum Gasteiger partial charge on any atom is -0.266 e. The number of hydrogen-bond donors (Lipinski definition) is 1. The summed E-state index contributed by atoms with van der Waals surface area (Å²) in [6.07, 6.45) is 1.54. The maximum absolute atomic E-state index is 13.2. The summed E-state index contributed by atoms with van der Waals surface area (Å²) in [6, 6.07) is 9.27. The molecule has 1 aliphatic heterocycles. The van der Waals surface area contributed by atoms with Gasteiger partial charge in [0.15, 0.2) is 4.32 Å². The number of thiophene rings is 1. The van der Waals surface area contributed by atoms with Gasteiger partial charge in [0.2, 0.25) is 0 Å². The van der Waals surface area contributed by atoms with Crippen molar-refractivity contribution in [2.75, 3.05) is 0 Å². The molecule has 0 spiro atoms. The van der Waals surface area contributed by atoms with Crippen LogP contribution in [0.3, 0.4) is 0 Å². The van der Waals surface area contributed by atoms with Crippen LogP contribution >= 0.6 is 35.3 Å². The second-order valence-electron chi connectivity index (χ2n) is 4.49. The highest BCUT2D eigenvalue weighted by Gasteiger charge is 2.33. The van der Waals surface area contributed by atoms with Gasteiger partial charge in [0.25, 0.3) is 11.8 Å². The maximum atomic E-state index is 13.2. The summed E-state index contributed by atoms with van der Waals surface area (Å²) < 4.78 is 13.4. The van der Waals surface area contributed by atoms with E-state index in [1.807, 2.05) is 0 Å². The molecule has 1 aromatic heterocycles. The average Bonchev–Trinajstić information content (AvgIpc) is 3.12. The monoisotopic (exact) mass is 364 g/mol. The standard InChI is InChI=1S/C15H9FN2O2S3/c16-10-4-1-3-9(7-10)8-12-14(20)18(15(21)23-12)17-13(19)11-5-2-6-22-11/h1-8H,(H,17,19)/b12-8-.